The van der Waals surface area contributed by atoms with Gasteiger partial charge < -0.3 is 9.80 Å². The number of carbonyl (C=O) groups is 3. The van der Waals surface area contributed by atoms with Gasteiger partial charge in [0.2, 0.25) is 11.8 Å². The molecule has 8 heteroatoms. The minimum atomic E-state index is -0.696. The van der Waals surface area contributed by atoms with Gasteiger partial charge in [0, 0.05) is 44.7 Å². The molecule has 5 rings (SSSR count). The topological polar surface area (TPSA) is 73.0 Å². The van der Waals surface area contributed by atoms with Crippen LogP contribution in [0.2, 0.25) is 0 Å². The number of fused-ring (bicyclic) bond motifs is 1. The molecule has 7 nitrogen and oxygen atoms in total. The average molecular weight is 493 g/mol. The van der Waals surface area contributed by atoms with E-state index in [1.165, 1.54) is 16.5 Å². The van der Waals surface area contributed by atoms with Crippen molar-refractivity contribution in [2.75, 3.05) is 37.6 Å². The van der Waals surface area contributed by atoms with E-state index in [0.717, 1.165) is 31.6 Å². The van der Waals surface area contributed by atoms with Gasteiger partial charge in [-0.3, -0.25) is 24.6 Å². The third-order valence-electron chi connectivity index (χ3n) is 7.91. The van der Waals surface area contributed by atoms with Gasteiger partial charge >= 0.3 is 0 Å². The standard InChI is InChI=1S/C28H33FN4O3/c1-28(2,20-6-4-3-5-7-20)10-11-31-12-14-32(15-13-31)24-16-19-18-33(27(36)21(19)17-22(24)29)23-8-9-25(34)30-26(23)35/h3-7,16-17,23H,8-15,18H2,1-2H3,(H,30,34,35). The van der Waals surface area contributed by atoms with Crippen molar-refractivity contribution in [3.63, 3.8) is 0 Å². The molecule has 2 aromatic carbocycles. The van der Waals surface area contributed by atoms with Gasteiger partial charge in [-0.2, -0.15) is 0 Å². The highest BCUT2D eigenvalue weighted by Gasteiger charge is 2.40. The molecule has 0 saturated carbocycles. The summed E-state index contributed by atoms with van der Waals surface area (Å²) in [5, 5.41) is 2.30. The van der Waals surface area contributed by atoms with E-state index in [1.807, 2.05) is 11.0 Å². The number of amides is 3. The quantitative estimate of drug-likeness (QED) is 0.628. The second kappa shape index (κ2) is 9.65. The minimum absolute atomic E-state index is 0.0887. The van der Waals surface area contributed by atoms with Crippen LogP contribution >= 0.6 is 0 Å². The summed E-state index contributed by atoms with van der Waals surface area (Å²) in [6.07, 6.45) is 1.54. The van der Waals surface area contributed by atoms with Crippen LogP contribution in [0.1, 0.15) is 54.6 Å². The lowest BCUT2D eigenvalue weighted by atomic mass is 9.81. The van der Waals surface area contributed by atoms with E-state index in [1.54, 1.807) is 6.07 Å². The number of rotatable bonds is 6. The van der Waals surface area contributed by atoms with Crippen LogP contribution in [-0.2, 0) is 21.5 Å². The van der Waals surface area contributed by atoms with E-state index in [-0.39, 0.29) is 30.2 Å². The molecule has 3 heterocycles. The zero-order valence-electron chi connectivity index (χ0n) is 20.9. The van der Waals surface area contributed by atoms with Gasteiger partial charge in [0.1, 0.15) is 11.9 Å². The fraction of sp³-hybridized carbons (Fsp3) is 0.464. The first-order valence-corrected chi connectivity index (χ1v) is 12.7. The predicted octanol–water partition coefficient (Wildman–Crippen LogP) is 3.08. The molecule has 2 aromatic rings. The van der Waals surface area contributed by atoms with Gasteiger partial charge in [0.25, 0.3) is 5.91 Å². The number of hydrogen-bond acceptors (Lipinski definition) is 5. The summed E-state index contributed by atoms with van der Waals surface area (Å²) >= 11 is 0. The number of benzene rings is 2. The van der Waals surface area contributed by atoms with Crippen molar-refractivity contribution in [1.82, 2.24) is 15.1 Å². The Morgan fingerprint density at radius 1 is 1.03 bits per heavy atom. The molecule has 0 aromatic heterocycles. The van der Waals surface area contributed by atoms with Crippen LogP contribution in [0, 0.1) is 5.82 Å². The van der Waals surface area contributed by atoms with Gasteiger partial charge in [-0.05, 0) is 48.1 Å². The van der Waals surface area contributed by atoms with Gasteiger partial charge in [-0.15, -0.1) is 0 Å². The van der Waals surface area contributed by atoms with Crippen LogP contribution in [-0.4, -0.2) is 66.3 Å². The number of piperidine rings is 1. The summed E-state index contributed by atoms with van der Waals surface area (Å²) in [6, 6.07) is 13.0. The Balaban J connectivity index is 1.21. The highest BCUT2D eigenvalue weighted by molar-refractivity contribution is 6.05. The summed E-state index contributed by atoms with van der Waals surface area (Å²) in [4.78, 5) is 42.6. The molecule has 3 aliphatic heterocycles. The molecular weight excluding hydrogens is 459 g/mol. The van der Waals surface area contributed by atoms with Gasteiger partial charge in [-0.25, -0.2) is 4.39 Å². The van der Waals surface area contributed by atoms with E-state index >= 15 is 4.39 Å². The Morgan fingerprint density at radius 2 is 1.75 bits per heavy atom. The summed E-state index contributed by atoms with van der Waals surface area (Å²) in [5.41, 5.74) is 2.97. The van der Waals surface area contributed by atoms with Crippen molar-refractivity contribution < 1.29 is 18.8 Å². The maximum Gasteiger partial charge on any atom is 0.255 e. The monoisotopic (exact) mass is 492 g/mol. The van der Waals surface area contributed by atoms with E-state index in [9.17, 15) is 14.4 Å². The SMILES string of the molecule is CC(C)(CCN1CCN(c2cc3c(cc2F)C(=O)N(C2CCC(=O)NC2=O)C3)CC1)c1ccccc1. The van der Waals surface area contributed by atoms with E-state index in [4.69, 9.17) is 0 Å². The van der Waals surface area contributed by atoms with Crippen molar-refractivity contribution >= 4 is 23.4 Å². The lowest BCUT2D eigenvalue weighted by Gasteiger charge is -2.38. The van der Waals surface area contributed by atoms with Crippen molar-refractivity contribution in [2.45, 2.75) is 51.1 Å². The number of imide groups is 1. The molecule has 1 N–H and O–H groups in total. The normalized spacial score (nSPS) is 21.1. The summed E-state index contributed by atoms with van der Waals surface area (Å²) in [7, 11) is 0. The molecule has 3 amide bonds. The molecule has 0 aliphatic carbocycles. The Hall–Kier alpha value is -3.26. The maximum atomic E-state index is 15.1. The number of hydrogen-bond donors (Lipinski definition) is 1. The molecule has 0 radical (unpaired) electrons. The Bertz CT molecular complexity index is 1170. The first-order valence-electron chi connectivity index (χ1n) is 12.7. The lowest BCUT2D eigenvalue weighted by Crippen LogP contribution is -2.52. The third kappa shape index (κ3) is 4.74. The maximum absolute atomic E-state index is 15.1. The van der Waals surface area contributed by atoms with E-state index in [0.29, 0.717) is 30.8 Å². The second-order valence-electron chi connectivity index (χ2n) is 10.7. The molecule has 1 atom stereocenters. The molecule has 2 fully saturated rings. The molecule has 1 unspecified atom stereocenters. The predicted molar refractivity (Wildman–Crippen MR) is 135 cm³/mol. The summed E-state index contributed by atoms with van der Waals surface area (Å²) < 4.78 is 15.1. The summed E-state index contributed by atoms with van der Waals surface area (Å²) in [5.74, 6) is -1.54. The lowest BCUT2D eigenvalue weighted by molar-refractivity contribution is -0.136. The highest BCUT2D eigenvalue weighted by Crippen LogP contribution is 2.33. The molecule has 2 saturated heterocycles. The largest absolute Gasteiger partial charge is 0.367 e. The molecule has 36 heavy (non-hydrogen) atoms. The fourth-order valence-electron chi connectivity index (χ4n) is 5.50. The zero-order valence-corrected chi connectivity index (χ0v) is 20.9. The smallest absolute Gasteiger partial charge is 0.255 e. The van der Waals surface area contributed by atoms with Crippen LogP contribution in [0.3, 0.4) is 0 Å². The van der Waals surface area contributed by atoms with Crippen LogP contribution in [0.4, 0.5) is 10.1 Å². The van der Waals surface area contributed by atoms with Gasteiger partial charge in [0.15, 0.2) is 0 Å². The van der Waals surface area contributed by atoms with Gasteiger partial charge in [-0.1, -0.05) is 44.2 Å². The fourth-order valence-corrected chi connectivity index (χ4v) is 5.50. The Labute approximate surface area is 211 Å². The minimum Gasteiger partial charge on any atom is -0.367 e. The van der Waals surface area contributed by atoms with Crippen molar-refractivity contribution in [3.8, 4) is 0 Å². The first kappa shape index (κ1) is 24.4. The Morgan fingerprint density at radius 3 is 2.44 bits per heavy atom. The first-order chi connectivity index (χ1) is 17.2. The van der Waals surface area contributed by atoms with Crippen LogP contribution in [0.25, 0.3) is 0 Å². The molecule has 0 bridgehead atoms. The zero-order chi connectivity index (χ0) is 25.4. The van der Waals surface area contributed by atoms with Crippen LogP contribution < -0.4 is 10.2 Å². The van der Waals surface area contributed by atoms with E-state index in [2.05, 4.69) is 48.3 Å². The second-order valence-corrected chi connectivity index (χ2v) is 10.7. The van der Waals surface area contributed by atoms with Crippen molar-refractivity contribution in [2.24, 2.45) is 0 Å². The summed E-state index contributed by atoms with van der Waals surface area (Å²) in [6.45, 7) is 8.92. The van der Waals surface area contributed by atoms with Crippen LogP contribution in [0.5, 0.6) is 0 Å². The molecule has 3 aliphatic rings. The average Bonchev–Trinajstić information content (AvgIpc) is 3.18. The van der Waals surface area contributed by atoms with Gasteiger partial charge in [0.05, 0.1) is 5.69 Å². The number of carbonyl (C=O) groups excluding carboxylic acids is 3. The van der Waals surface area contributed by atoms with E-state index < -0.39 is 17.8 Å². The number of halogens is 1. The number of nitrogens with one attached hydrogen (secondary N) is 1. The van der Waals surface area contributed by atoms with Crippen LogP contribution in [0.15, 0.2) is 42.5 Å². The molecule has 0 spiro atoms. The van der Waals surface area contributed by atoms with Crippen molar-refractivity contribution in [3.05, 3.63) is 65.0 Å². The number of piperazine rings is 1. The third-order valence-corrected chi connectivity index (χ3v) is 7.91. The molecular formula is C28H33FN4O3. The highest BCUT2D eigenvalue weighted by atomic mass is 19.1. The molecule has 190 valence electrons. The number of anilines is 1. The number of nitrogens with zero attached hydrogens (tertiary/aromatic N) is 3. The van der Waals surface area contributed by atoms with Crippen molar-refractivity contribution in [1.29, 1.82) is 0 Å². The Kier molecular flexibility index (Phi) is 6.55.